The Balaban J connectivity index is 2.16. The number of nitrogens with one attached hydrogen (secondary N) is 1. The zero-order valence-corrected chi connectivity index (χ0v) is 9.79. The summed E-state index contributed by atoms with van der Waals surface area (Å²) in [7, 11) is 0. The van der Waals surface area contributed by atoms with E-state index >= 15 is 0 Å². The molecule has 1 aliphatic heterocycles. The van der Waals surface area contributed by atoms with Gasteiger partial charge in [0.2, 0.25) is 0 Å². The normalized spacial score (nSPS) is 36.7. The molecular weight excluding hydrogens is 182 g/mol. The molecule has 2 rings (SSSR count). The van der Waals surface area contributed by atoms with Crippen molar-refractivity contribution in [3.8, 4) is 0 Å². The third-order valence-corrected chi connectivity index (χ3v) is 3.69. The molecule has 1 saturated carbocycles. The maximum atomic E-state index is 3.51. The van der Waals surface area contributed by atoms with E-state index in [1.165, 1.54) is 25.9 Å². The second-order valence-electron chi connectivity index (χ2n) is 4.62. The summed E-state index contributed by atoms with van der Waals surface area (Å²) in [4.78, 5) is 0. The van der Waals surface area contributed by atoms with Gasteiger partial charge in [-0.15, -0.1) is 0 Å². The van der Waals surface area contributed by atoms with Crippen molar-refractivity contribution in [3.05, 3.63) is 35.5 Å². The fourth-order valence-electron chi connectivity index (χ4n) is 2.78. The van der Waals surface area contributed by atoms with Crippen LogP contribution in [0, 0.1) is 11.8 Å². The molecule has 2 fully saturated rings. The number of fused-ring (bicyclic) bond motifs is 1. The van der Waals surface area contributed by atoms with Crippen LogP contribution in [0.15, 0.2) is 35.5 Å². The lowest BCUT2D eigenvalue weighted by Gasteiger charge is -2.28. The summed E-state index contributed by atoms with van der Waals surface area (Å²) in [6.07, 6.45) is 11.4. The second kappa shape index (κ2) is 4.80. The van der Waals surface area contributed by atoms with Gasteiger partial charge in [0.1, 0.15) is 0 Å². The summed E-state index contributed by atoms with van der Waals surface area (Å²) in [5.41, 5.74) is 3.12. The molecule has 0 aromatic heterocycles. The molecule has 0 spiro atoms. The van der Waals surface area contributed by atoms with Gasteiger partial charge < -0.3 is 5.32 Å². The van der Waals surface area contributed by atoms with Crippen LogP contribution in [0.1, 0.15) is 26.7 Å². The van der Waals surface area contributed by atoms with Gasteiger partial charge in [-0.25, -0.2) is 0 Å². The van der Waals surface area contributed by atoms with Crippen molar-refractivity contribution in [1.29, 1.82) is 0 Å². The summed E-state index contributed by atoms with van der Waals surface area (Å²) >= 11 is 0. The Morgan fingerprint density at radius 2 is 1.73 bits per heavy atom. The van der Waals surface area contributed by atoms with E-state index < -0.39 is 0 Å². The van der Waals surface area contributed by atoms with Gasteiger partial charge in [-0.1, -0.05) is 24.3 Å². The van der Waals surface area contributed by atoms with E-state index in [4.69, 9.17) is 0 Å². The molecule has 2 aliphatic rings. The van der Waals surface area contributed by atoms with Crippen LogP contribution in [0.4, 0.5) is 0 Å². The van der Waals surface area contributed by atoms with E-state index in [2.05, 4.69) is 43.5 Å². The second-order valence-corrected chi connectivity index (χ2v) is 4.62. The molecule has 1 saturated heterocycles. The van der Waals surface area contributed by atoms with Crippen LogP contribution in [0.25, 0.3) is 0 Å². The maximum Gasteiger partial charge on any atom is -0.00140 e. The highest BCUT2D eigenvalue weighted by atomic mass is 14.9. The van der Waals surface area contributed by atoms with Gasteiger partial charge in [0.05, 0.1) is 0 Å². The lowest BCUT2D eigenvalue weighted by molar-refractivity contribution is 0.387. The van der Waals surface area contributed by atoms with Crippen LogP contribution < -0.4 is 5.32 Å². The highest BCUT2D eigenvalue weighted by Crippen LogP contribution is 2.38. The molecule has 1 heteroatoms. The molecule has 0 radical (unpaired) electrons. The summed E-state index contributed by atoms with van der Waals surface area (Å²) in [5.74, 6) is 1.77. The van der Waals surface area contributed by atoms with E-state index in [9.17, 15) is 0 Å². The fraction of sp³-hybridized carbons (Fsp3) is 0.571. The monoisotopic (exact) mass is 203 g/mol. The zero-order chi connectivity index (χ0) is 10.7. The highest BCUT2D eigenvalue weighted by Gasteiger charge is 2.32. The average molecular weight is 203 g/mol. The standard InChI is InChI=1S/C14H21N/c1-3-5-6-12-8-14-10-15-9-13(14)7-11(12)4-2/h3-6,13-15H,7-10H2,1-2H3/b5-3-,11-4-,12-6-. The third kappa shape index (κ3) is 2.23. The molecule has 2 atom stereocenters. The molecule has 1 heterocycles. The van der Waals surface area contributed by atoms with Crippen LogP contribution in [0.3, 0.4) is 0 Å². The first-order chi connectivity index (χ1) is 7.35. The molecule has 1 nitrogen and oxygen atoms in total. The fourth-order valence-corrected chi connectivity index (χ4v) is 2.78. The van der Waals surface area contributed by atoms with Gasteiger partial charge in [-0.05, 0) is 62.8 Å². The number of allylic oxidation sites excluding steroid dienone is 6. The first-order valence-corrected chi connectivity index (χ1v) is 6.03. The van der Waals surface area contributed by atoms with E-state index in [0.717, 1.165) is 11.8 Å². The van der Waals surface area contributed by atoms with Crippen LogP contribution in [-0.2, 0) is 0 Å². The van der Waals surface area contributed by atoms with Crippen LogP contribution in [-0.4, -0.2) is 13.1 Å². The SMILES string of the molecule is C\C=C/C=C1/CC2CNCC2C/C1=C/C. The molecule has 0 aromatic rings. The van der Waals surface area contributed by atoms with Crippen molar-refractivity contribution in [2.45, 2.75) is 26.7 Å². The Hall–Kier alpha value is -0.820. The van der Waals surface area contributed by atoms with Gasteiger partial charge in [0.15, 0.2) is 0 Å². The summed E-state index contributed by atoms with van der Waals surface area (Å²) < 4.78 is 0. The van der Waals surface area contributed by atoms with Crippen molar-refractivity contribution in [2.75, 3.05) is 13.1 Å². The Kier molecular flexibility index (Phi) is 3.42. The minimum atomic E-state index is 0.880. The molecule has 1 N–H and O–H groups in total. The lowest BCUT2D eigenvalue weighted by Crippen LogP contribution is -2.20. The predicted molar refractivity (Wildman–Crippen MR) is 65.7 cm³/mol. The number of rotatable bonds is 1. The largest absolute Gasteiger partial charge is 0.316 e. The van der Waals surface area contributed by atoms with Gasteiger partial charge in [0.25, 0.3) is 0 Å². The summed E-state index contributed by atoms with van der Waals surface area (Å²) in [6, 6.07) is 0. The molecule has 15 heavy (non-hydrogen) atoms. The van der Waals surface area contributed by atoms with Crippen molar-refractivity contribution in [2.24, 2.45) is 11.8 Å². The molecule has 0 aromatic carbocycles. The lowest BCUT2D eigenvalue weighted by atomic mass is 9.76. The molecule has 0 bridgehead atoms. The Morgan fingerprint density at radius 3 is 2.33 bits per heavy atom. The quantitative estimate of drug-likeness (QED) is 0.690. The van der Waals surface area contributed by atoms with E-state index in [1.807, 2.05) is 0 Å². The summed E-state index contributed by atoms with van der Waals surface area (Å²) in [6.45, 7) is 6.68. The molecular formula is C14H21N. The van der Waals surface area contributed by atoms with Crippen LogP contribution in [0.5, 0.6) is 0 Å². The first kappa shape index (κ1) is 10.7. The zero-order valence-electron chi connectivity index (χ0n) is 9.79. The predicted octanol–water partition coefficient (Wildman–Crippen LogP) is 3.06. The van der Waals surface area contributed by atoms with Gasteiger partial charge in [-0.3, -0.25) is 0 Å². The van der Waals surface area contributed by atoms with Gasteiger partial charge in [-0.2, -0.15) is 0 Å². The molecule has 1 aliphatic carbocycles. The molecule has 82 valence electrons. The van der Waals surface area contributed by atoms with Gasteiger partial charge in [0, 0.05) is 0 Å². The maximum absolute atomic E-state index is 3.51. The Morgan fingerprint density at radius 1 is 1.07 bits per heavy atom. The van der Waals surface area contributed by atoms with Gasteiger partial charge >= 0.3 is 0 Å². The number of hydrogen-bond acceptors (Lipinski definition) is 1. The smallest absolute Gasteiger partial charge is 0.00140 e. The number of hydrogen-bond donors (Lipinski definition) is 1. The van der Waals surface area contributed by atoms with Crippen molar-refractivity contribution in [3.63, 3.8) is 0 Å². The third-order valence-electron chi connectivity index (χ3n) is 3.69. The van der Waals surface area contributed by atoms with E-state index in [-0.39, 0.29) is 0 Å². The minimum Gasteiger partial charge on any atom is -0.316 e. The van der Waals surface area contributed by atoms with Crippen LogP contribution >= 0.6 is 0 Å². The average Bonchev–Trinajstić information content (AvgIpc) is 2.71. The topological polar surface area (TPSA) is 12.0 Å². The molecule has 2 unspecified atom stereocenters. The van der Waals surface area contributed by atoms with Crippen LogP contribution in [0.2, 0.25) is 0 Å². The Labute approximate surface area is 93.0 Å². The molecule has 0 amide bonds. The Bertz CT molecular complexity index is 309. The highest BCUT2D eigenvalue weighted by molar-refractivity contribution is 5.36. The minimum absolute atomic E-state index is 0.880. The summed E-state index contributed by atoms with van der Waals surface area (Å²) in [5, 5.41) is 3.51. The van der Waals surface area contributed by atoms with Crippen molar-refractivity contribution >= 4 is 0 Å². The van der Waals surface area contributed by atoms with E-state index in [1.54, 1.807) is 11.1 Å². The first-order valence-electron chi connectivity index (χ1n) is 6.03. The van der Waals surface area contributed by atoms with Crippen molar-refractivity contribution < 1.29 is 0 Å². The van der Waals surface area contributed by atoms with Crippen molar-refractivity contribution in [1.82, 2.24) is 5.32 Å². The van der Waals surface area contributed by atoms with E-state index in [0.29, 0.717) is 0 Å².